The smallest absolute Gasteiger partial charge is 0.231 e. The number of aliphatic imine (C=N–C) groups is 1. The predicted octanol–water partition coefficient (Wildman–Crippen LogP) is 3.69. The van der Waals surface area contributed by atoms with Gasteiger partial charge in [0.25, 0.3) is 0 Å². The summed E-state index contributed by atoms with van der Waals surface area (Å²) in [4.78, 5) is 32.4. The fourth-order valence-electron chi connectivity index (χ4n) is 4.58. The normalized spacial score (nSPS) is 21.1. The van der Waals surface area contributed by atoms with Gasteiger partial charge in [0.2, 0.25) is 17.2 Å². The van der Waals surface area contributed by atoms with Crippen molar-refractivity contribution in [1.29, 1.82) is 0 Å². The SMILES string of the molecule is COc1cc(OC)c2c(c1Cl)O[C@]1(C2=O)C(O)=C(C=Nc2cccc(-c3nnn(C)n3)c2)C(=O)C[C@H]1C. The average molecular weight is 524 g/mol. The van der Waals surface area contributed by atoms with Gasteiger partial charge in [-0.25, -0.2) is 0 Å². The predicted molar refractivity (Wildman–Crippen MR) is 133 cm³/mol. The Morgan fingerprint density at radius 2 is 2.00 bits per heavy atom. The van der Waals surface area contributed by atoms with Crippen LogP contribution in [0.2, 0.25) is 5.02 Å². The van der Waals surface area contributed by atoms with E-state index in [0.29, 0.717) is 17.1 Å². The van der Waals surface area contributed by atoms with Gasteiger partial charge in [0.05, 0.1) is 32.5 Å². The Bertz CT molecular complexity index is 1510. The number of aliphatic hydroxyl groups excluding tert-OH is 1. The third kappa shape index (κ3) is 3.73. The van der Waals surface area contributed by atoms with E-state index in [-0.39, 0.29) is 45.6 Å². The molecule has 12 heteroatoms. The molecule has 0 fully saturated rings. The largest absolute Gasteiger partial charge is 0.507 e. The van der Waals surface area contributed by atoms with Gasteiger partial charge >= 0.3 is 0 Å². The van der Waals surface area contributed by atoms with Gasteiger partial charge in [-0.2, -0.15) is 4.80 Å². The van der Waals surface area contributed by atoms with Crippen molar-refractivity contribution in [3.8, 4) is 28.6 Å². The summed E-state index contributed by atoms with van der Waals surface area (Å²) in [6.07, 6.45) is 1.17. The molecule has 0 saturated heterocycles. The standard InChI is InChI=1S/C25H22ClN5O6/c1-12-8-16(32)15(11-27-14-7-5-6-13(9-14)24-28-30-31(2)29-24)22(33)25(12)23(34)19-17(35-3)10-18(36-4)20(26)21(19)37-25/h5-7,9-12,33H,8H2,1-4H3/t12-,25+/m1/s1. The minimum atomic E-state index is -1.87. The zero-order chi connectivity index (χ0) is 26.5. The maximum atomic E-state index is 13.8. The molecule has 1 aromatic heterocycles. The number of halogens is 1. The molecule has 1 N–H and O–H groups in total. The van der Waals surface area contributed by atoms with Crippen molar-refractivity contribution in [2.45, 2.75) is 18.9 Å². The molecular formula is C25H22ClN5O6. The number of ether oxygens (including phenoxy) is 3. The summed E-state index contributed by atoms with van der Waals surface area (Å²) in [5.74, 6) is -1.33. The van der Waals surface area contributed by atoms with Crippen molar-refractivity contribution in [1.82, 2.24) is 20.2 Å². The van der Waals surface area contributed by atoms with Crippen LogP contribution in [0.1, 0.15) is 23.7 Å². The van der Waals surface area contributed by atoms with E-state index in [0.717, 1.165) is 0 Å². The van der Waals surface area contributed by atoms with Crippen LogP contribution in [0, 0.1) is 5.92 Å². The van der Waals surface area contributed by atoms with Crippen molar-refractivity contribution < 1.29 is 28.9 Å². The molecule has 1 spiro atoms. The number of allylic oxidation sites excluding steroid dienone is 1. The Morgan fingerprint density at radius 1 is 1.24 bits per heavy atom. The Hall–Kier alpha value is -4.25. The molecule has 0 bridgehead atoms. The van der Waals surface area contributed by atoms with Crippen LogP contribution in [-0.4, -0.2) is 62.9 Å². The highest BCUT2D eigenvalue weighted by molar-refractivity contribution is 6.35. The highest BCUT2D eigenvalue weighted by Gasteiger charge is 2.60. The van der Waals surface area contributed by atoms with Crippen LogP contribution in [0.25, 0.3) is 11.4 Å². The van der Waals surface area contributed by atoms with E-state index < -0.39 is 23.1 Å². The molecule has 11 nitrogen and oxygen atoms in total. The maximum absolute atomic E-state index is 13.8. The minimum Gasteiger partial charge on any atom is -0.507 e. The van der Waals surface area contributed by atoms with Gasteiger partial charge in [0.15, 0.2) is 17.3 Å². The Labute approximate surface area is 216 Å². The summed E-state index contributed by atoms with van der Waals surface area (Å²) in [6.45, 7) is 1.65. The quantitative estimate of drug-likeness (QED) is 0.496. The second-order valence-corrected chi connectivity index (χ2v) is 9.05. The monoisotopic (exact) mass is 523 g/mol. The lowest BCUT2D eigenvalue weighted by Gasteiger charge is -2.36. The number of carbonyl (C=O) groups is 2. The van der Waals surface area contributed by atoms with E-state index >= 15 is 0 Å². The third-order valence-corrected chi connectivity index (χ3v) is 6.82. The number of aryl methyl sites for hydroxylation is 1. The number of Topliss-reactive ketones (excluding diaryl/α,β-unsaturated/α-hetero) is 2. The number of fused-ring (bicyclic) bond motifs is 1. The number of aliphatic hydroxyl groups is 1. The zero-order valence-corrected chi connectivity index (χ0v) is 21.1. The lowest BCUT2D eigenvalue weighted by molar-refractivity contribution is -0.118. The highest BCUT2D eigenvalue weighted by atomic mass is 35.5. The van der Waals surface area contributed by atoms with Gasteiger partial charge in [0, 0.05) is 30.2 Å². The average Bonchev–Trinajstić information content (AvgIpc) is 3.46. The lowest BCUT2D eigenvalue weighted by Crippen LogP contribution is -2.52. The van der Waals surface area contributed by atoms with Gasteiger partial charge in [-0.15, -0.1) is 10.2 Å². The molecule has 1 aliphatic heterocycles. The van der Waals surface area contributed by atoms with Gasteiger partial charge in [-0.3, -0.25) is 14.6 Å². The summed E-state index contributed by atoms with van der Waals surface area (Å²) >= 11 is 6.45. The van der Waals surface area contributed by atoms with Crippen LogP contribution in [-0.2, 0) is 11.8 Å². The molecule has 2 heterocycles. The second kappa shape index (κ2) is 9.00. The van der Waals surface area contributed by atoms with Crippen LogP contribution < -0.4 is 14.2 Å². The van der Waals surface area contributed by atoms with Crippen LogP contribution in [0.5, 0.6) is 17.2 Å². The molecule has 2 atom stereocenters. The first-order valence-electron chi connectivity index (χ1n) is 11.2. The van der Waals surface area contributed by atoms with E-state index in [1.807, 2.05) is 0 Å². The molecule has 2 aromatic carbocycles. The first-order valence-corrected chi connectivity index (χ1v) is 11.6. The van der Waals surface area contributed by atoms with E-state index in [1.165, 1.54) is 31.3 Å². The number of hydrogen-bond acceptors (Lipinski definition) is 10. The van der Waals surface area contributed by atoms with E-state index in [4.69, 9.17) is 25.8 Å². The van der Waals surface area contributed by atoms with Crippen molar-refractivity contribution in [3.63, 3.8) is 0 Å². The summed E-state index contributed by atoms with van der Waals surface area (Å²) < 4.78 is 16.8. The summed E-state index contributed by atoms with van der Waals surface area (Å²) in [5.41, 5.74) is -0.791. The molecule has 1 aliphatic carbocycles. The Morgan fingerprint density at radius 3 is 2.68 bits per heavy atom. The number of carbonyl (C=O) groups excluding carboxylic acids is 2. The number of rotatable bonds is 5. The first kappa shape index (κ1) is 24.4. The number of ketones is 2. The van der Waals surface area contributed by atoms with E-state index in [9.17, 15) is 14.7 Å². The highest BCUT2D eigenvalue weighted by Crippen LogP contribution is 2.54. The summed E-state index contributed by atoms with van der Waals surface area (Å²) in [7, 11) is 4.47. The fourth-order valence-corrected chi connectivity index (χ4v) is 4.84. The number of hydrogen-bond donors (Lipinski definition) is 1. The van der Waals surface area contributed by atoms with Crippen LogP contribution in [0.4, 0.5) is 5.69 Å². The molecule has 37 heavy (non-hydrogen) atoms. The van der Waals surface area contributed by atoms with Crippen molar-refractivity contribution >= 4 is 35.1 Å². The second-order valence-electron chi connectivity index (χ2n) is 8.67. The summed E-state index contributed by atoms with van der Waals surface area (Å²) in [5, 5.41) is 23.4. The molecule has 3 aromatic rings. The molecule has 0 unspecified atom stereocenters. The van der Waals surface area contributed by atoms with E-state index in [2.05, 4.69) is 20.4 Å². The molecule has 190 valence electrons. The number of tetrazole rings is 1. The number of benzene rings is 2. The molecule has 5 rings (SSSR count). The molecule has 0 amide bonds. The van der Waals surface area contributed by atoms with Crippen LogP contribution in [0.15, 0.2) is 46.7 Å². The zero-order valence-electron chi connectivity index (χ0n) is 20.4. The van der Waals surface area contributed by atoms with Crippen molar-refractivity contribution in [3.05, 3.63) is 52.3 Å². The van der Waals surface area contributed by atoms with Crippen LogP contribution >= 0.6 is 11.6 Å². The van der Waals surface area contributed by atoms with Gasteiger partial charge in [-0.05, 0) is 17.3 Å². The number of methoxy groups -OCH3 is 2. The maximum Gasteiger partial charge on any atom is 0.231 e. The van der Waals surface area contributed by atoms with Gasteiger partial charge < -0.3 is 19.3 Å². The lowest BCUT2D eigenvalue weighted by atomic mass is 9.73. The number of nitrogens with zero attached hydrogens (tertiary/aromatic N) is 5. The van der Waals surface area contributed by atoms with E-state index in [1.54, 1.807) is 38.2 Å². The first-order chi connectivity index (χ1) is 17.7. The molecule has 2 aliphatic rings. The van der Waals surface area contributed by atoms with Crippen molar-refractivity contribution in [2.24, 2.45) is 18.0 Å². The fraction of sp³-hybridized carbons (Fsp3) is 0.280. The van der Waals surface area contributed by atoms with Crippen LogP contribution in [0.3, 0.4) is 0 Å². The Kier molecular flexibility index (Phi) is 5.95. The third-order valence-electron chi connectivity index (χ3n) is 6.47. The minimum absolute atomic E-state index is 0.0241. The van der Waals surface area contributed by atoms with Gasteiger partial charge in [-0.1, -0.05) is 30.7 Å². The topological polar surface area (TPSA) is 138 Å². The molecule has 0 saturated carbocycles. The Balaban J connectivity index is 1.57. The number of aromatic nitrogens is 4. The van der Waals surface area contributed by atoms with Gasteiger partial charge in [0.1, 0.15) is 22.1 Å². The molecule has 0 radical (unpaired) electrons. The summed E-state index contributed by atoms with van der Waals surface area (Å²) in [6, 6.07) is 8.44. The van der Waals surface area contributed by atoms with Crippen molar-refractivity contribution in [2.75, 3.05) is 14.2 Å². The molecular weight excluding hydrogens is 502 g/mol.